The van der Waals surface area contributed by atoms with Crippen molar-refractivity contribution >= 4 is 30.8 Å². The van der Waals surface area contributed by atoms with Crippen LogP contribution in [-0.4, -0.2) is 9.97 Å². The van der Waals surface area contributed by atoms with Crippen LogP contribution in [-0.2, 0) is 0 Å². The monoisotopic (exact) mass is 210 g/mol. The summed E-state index contributed by atoms with van der Waals surface area (Å²) in [5, 5.41) is 0. The van der Waals surface area contributed by atoms with Gasteiger partial charge in [0.15, 0.2) is 0 Å². The van der Waals surface area contributed by atoms with Gasteiger partial charge in [0, 0.05) is 11.9 Å². The molecule has 0 radical (unpaired) electrons. The predicted molar refractivity (Wildman–Crippen MR) is 53.8 cm³/mol. The Labute approximate surface area is 83.8 Å². The zero-order valence-corrected chi connectivity index (χ0v) is 8.50. The number of hydrogen-bond acceptors (Lipinski definition) is 4. The van der Waals surface area contributed by atoms with E-state index >= 15 is 0 Å². The van der Waals surface area contributed by atoms with Crippen LogP contribution in [0.25, 0.3) is 0 Å². The number of halogens is 2. The number of hydrazine groups is 1. The van der Waals surface area contributed by atoms with Gasteiger partial charge in [-0.1, -0.05) is 0 Å². The molecule has 1 rings (SSSR count). The molecule has 0 atom stereocenters. The molecule has 0 spiro atoms. The van der Waals surface area contributed by atoms with Crippen molar-refractivity contribution in [3.05, 3.63) is 17.5 Å². The van der Waals surface area contributed by atoms with E-state index in [1.165, 1.54) is 0 Å². The lowest BCUT2D eigenvalue weighted by molar-refractivity contribution is 1.04. The highest BCUT2D eigenvalue weighted by molar-refractivity contribution is 5.85. The first-order valence-corrected chi connectivity index (χ1v) is 3.01. The molecule has 3 N–H and O–H groups in total. The number of nitrogens with zero attached hydrogens (tertiary/aromatic N) is 2. The van der Waals surface area contributed by atoms with Crippen LogP contribution in [0.5, 0.6) is 0 Å². The van der Waals surface area contributed by atoms with E-state index in [1.54, 1.807) is 6.20 Å². The van der Waals surface area contributed by atoms with Gasteiger partial charge in [0.2, 0.25) is 5.95 Å². The fourth-order valence-corrected chi connectivity index (χ4v) is 0.597. The van der Waals surface area contributed by atoms with E-state index in [2.05, 4.69) is 15.4 Å². The Hall–Kier alpha value is -0.580. The van der Waals surface area contributed by atoms with Crippen LogP contribution < -0.4 is 11.3 Å². The molecule has 0 saturated heterocycles. The Morgan fingerprint density at radius 2 is 1.92 bits per heavy atom. The van der Waals surface area contributed by atoms with Gasteiger partial charge in [0.05, 0.1) is 0 Å². The van der Waals surface area contributed by atoms with E-state index < -0.39 is 0 Å². The summed E-state index contributed by atoms with van der Waals surface area (Å²) in [7, 11) is 0. The van der Waals surface area contributed by atoms with Crippen molar-refractivity contribution < 1.29 is 0 Å². The number of nitrogens with two attached hydrogens (primary N) is 1. The number of nitrogen functional groups attached to an aromatic ring is 1. The molecule has 0 aliphatic heterocycles. The van der Waals surface area contributed by atoms with Gasteiger partial charge in [0.25, 0.3) is 0 Å². The average Bonchev–Trinajstić information content (AvgIpc) is 1.95. The number of aromatic nitrogens is 2. The van der Waals surface area contributed by atoms with Gasteiger partial charge in [0.1, 0.15) is 0 Å². The molecule has 70 valence electrons. The first-order chi connectivity index (χ1) is 4.74. The second kappa shape index (κ2) is 5.99. The fourth-order valence-electron chi connectivity index (χ4n) is 0.597. The van der Waals surface area contributed by atoms with Gasteiger partial charge in [-0.05, 0) is 19.4 Å². The molecule has 1 aromatic heterocycles. The molecule has 0 amide bonds. The zero-order valence-electron chi connectivity index (χ0n) is 6.87. The lowest BCUT2D eigenvalue weighted by atomic mass is 10.3. The summed E-state index contributed by atoms with van der Waals surface area (Å²) >= 11 is 0. The van der Waals surface area contributed by atoms with Gasteiger partial charge in [-0.25, -0.2) is 15.8 Å². The Balaban J connectivity index is 0. The molecule has 0 aromatic carbocycles. The van der Waals surface area contributed by atoms with Crippen LogP contribution in [0.4, 0.5) is 5.95 Å². The predicted octanol–water partition coefficient (Wildman–Crippen LogP) is 1.22. The minimum Gasteiger partial charge on any atom is -0.292 e. The zero-order chi connectivity index (χ0) is 7.56. The molecular formula is C6H12Cl2N4. The molecule has 12 heavy (non-hydrogen) atoms. The Kier molecular flexibility index (Phi) is 6.98. The van der Waals surface area contributed by atoms with E-state index in [-0.39, 0.29) is 24.8 Å². The van der Waals surface area contributed by atoms with E-state index in [1.807, 2.05) is 13.8 Å². The highest BCUT2D eigenvalue weighted by atomic mass is 35.5. The van der Waals surface area contributed by atoms with Crippen LogP contribution in [0.1, 0.15) is 11.3 Å². The molecule has 0 aliphatic carbocycles. The fraction of sp³-hybridized carbons (Fsp3) is 0.333. The molecule has 0 aliphatic rings. The number of anilines is 1. The van der Waals surface area contributed by atoms with E-state index in [9.17, 15) is 0 Å². The number of hydrogen-bond donors (Lipinski definition) is 2. The molecule has 4 nitrogen and oxygen atoms in total. The normalized spacial score (nSPS) is 7.92. The molecule has 0 fully saturated rings. The van der Waals surface area contributed by atoms with Crippen molar-refractivity contribution in [3.63, 3.8) is 0 Å². The Morgan fingerprint density at radius 3 is 2.33 bits per heavy atom. The standard InChI is InChI=1S/C6H10N4.2ClH/c1-4-3-8-6(10-7)9-5(4)2;;/h3H,7H2,1-2H3,(H,8,9,10);2*1H. The first kappa shape index (κ1) is 14.0. The SMILES string of the molecule is Cc1cnc(NN)nc1C.Cl.Cl. The number of nitrogens with one attached hydrogen (secondary N) is 1. The quantitative estimate of drug-likeness (QED) is 0.541. The third kappa shape index (κ3) is 3.21. The molecule has 1 heterocycles. The Bertz CT molecular complexity index is 241. The number of aryl methyl sites for hydroxylation is 2. The highest BCUT2D eigenvalue weighted by Gasteiger charge is 1.95. The summed E-state index contributed by atoms with van der Waals surface area (Å²) in [6.45, 7) is 3.87. The molecule has 0 bridgehead atoms. The molecular weight excluding hydrogens is 199 g/mol. The summed E-state index contributed by atoms with van der Waals surface area (Å²) in [5.41, 5.74) is 4.39. The second-order valence-corrected chi connectivity index (χ2v) is 2.11. The molecule has 1 aromatic rings. The molecule has 0 unspecified atom stereocenters. The summed E-state index contributed by atoms with van der Waals surface area (Å²) in [4.78, 5) is 7.95. The molecule has 0 saturated carbocycles. The van der Waals surface area contributed by atoms with Crippen molar-refractivity contribution in [1.82, 2.24) is 9.97 Å². The van der Waals surface area contributed by atoms with Crippen molar-refractivity contribution in [2.24, 2.45) is 5.84 Å². The maximum atomic E-state index is 5.09. The van der Waals surface area contributed by atoms with Crippen molar-refractivity contribution in [1.29, 1.82) is 0 Å². The maximum absolute atomic E-state index is 5.09. The highest BCUT2D eigenvalue weighted by Crippen LogP contribution is 2.02. The largest absolute Gasteiger partial charge is 0.292 e. The minimum atomic E-state index is 0. The summed E-state index contributed by atoms with van der Waals surface area (Å²) in [6.07, 6.45) is 1.73. The van der Waals surface area contributed by atoms with Gasteiger partial charge in [-0.3, -0.25) is 5.43 Å². The second-order valence-electron chi connectivity index (χ2n) is 2.11. The number of rotatable bonds is 1. The van der Waals surface area contributed by atoms with Crippen molar-refractivity contribution in [2.75, 3.05) is 5.43 Å². The average molecular weight is 211 g/mol. The van der Waals surface area contributed by atoms with Crippen molar-refractivity contribution in [3.8, 4) is 0 Å². The maximum Gasteiger partial charge on any atom is 0.237 e. The lowest BCUT2D eigenvalue weighted by Crippen LogP contribution is -2.11. The summed E-state index contributed by atoms with van der Waals surface area (Å²) in [5.74, 6) is 5.55. The minimum absolute atomic E-state index is 0. The van der Waals surface area contributed by atoms with Crippen LogP contribution in [0.2, 0.25) is 0 Å². The van der Waals surface area contributed by atoms with Crippen LogP contribution in [0.15, 0.2) is 6.20 Å². The van der Waals surface area contributed by atoms with Crippen LogP contribution in [0, 0.1) is 13.8 Å². The Morgan fingerprint density at radius 1 is 1.33 bits per heavy atom. The third-order valence-electron chi connectivity index (χ3n) is 1.35. The van der Waals surface area contributed by atoms with Crippen LogP contribution >= 0.6 is 24.8 Å². The van der Waals surface area contributed by atoms with E-state index in [4.69, 9.17) is 5.84 Å². The third-order valence-corrected chi connectivity index (χ3v) is 1.35. The smallest absolute Gasteiger partial charge is 0.237 e. The van der Waals surface area contributed by atoms with Crippen LogP contribution in [0.3, 0.4) is 0 Å². The van der Waals surface area contributed by atoms with Crippen molar-refractivity contribution in [2.45, 2.75) is 13.8 Å². The molecule has 6 heteroatoms. The summed E-state index contributed by atoms with van der Waals surface area (Å²) < 4.78 is 0. The van der Waals surface area contributed by atoms with Gasteiger partial charge < -0.3 is 0 Å². The van der Waals surface area contributed by atoms with Gasteiger partial charge >= 0.3 is 0 Å². The lowest BCUT2D eigenvalue weighted by Gasteiger charge is -2.00. The first-order valence-electron chi connectivity index (χ1n) is 3.01. The topological polar surface area (TPSA) is 63.8 Å². The van der Waals surface area contributed by atoms with Gasteiger partial charge in [-0.15, -0.1) is 24.8 Å². The van der Waals surface area contributed by atoms with E-state index in [0.717, 1.165) is 11.3 Å². The van der Waals surface area contributed by atoms with E-state index in [0.29, 0.717) is 5.95 Å². The summed E-state index contributed by atoms with van der Waals surface area (Å²) in [6, 6.07) is 0. The van der Waals surface area contributed by atoms with Gasteiger partial charge in [-0.2, -0.15) is 0 Å².